The fraction of sp³-hybridized carbons (Fsp3) is 0.214. The molecule has 0 saturated heterocycles. The van der Waals surface area contributed by atoms with Gasteiger partial charge in [0.15, 0.2) is 5.69 Å². The quantitative estimate of drug-likeness (QED) is 0.247. The van der Waals surface area contributed by atoms with Crippen LogP contribution in [0.3, 0.4) is 0 Å². The monoisotopic (exact) mass is 591 g/mol. The van der Waals surface area contributed by atoms with Crippen molar-refractivity contribution in [3.05, 3.63) is 113 Å². The first-order valence-corrected chi connectivity index (χ1v) is 12.4. The zero-order chi connectivity index (χ0) is 30.3. The third-order valence-corrected chi connectivity index (χ3v) is 5.86. The number of ether oxygens (including phenoxy) is 1. The molecule has 14 heteroatoms. The maximum absolute atomic E-state index is 13.1. The van der Waals surface area contributed by atoms with E-state index < -0.39 is 36.3 Å². The summed E-state index contributed by atoms with van der Waals surface area (Å²) in [6.07, 6.45) is -9.11. The topological polar surface area (TPSA) is 98.1 Å². The molecule has 0 atom stereocenters. The van der Waals surface area contributed by atoms with Crippen LogP contribution in [0.25, 0.3) is 5.69 Å². The minimum atomic E-state index is -4.57. The van der Waals surface area contributed by atoms with Gasteiger partial charge in [0, 0.05) is 12.1 Å². The Kier molecular flexibility index (Phi) is 9.25. The number of benzene rings is 3. The van der Waals surface area contributed by atoms with E-state index in [2.05, 4.69) is 15.6 Å². The van der Waals surface area contributed by atoms with Crippen LogP contribution in [0.2, 0.25) is 0 Å². The normalized spacial score (nSPS) is 11.8. The molecule has 2 amide bonds. The average molecular weight is 592 g/mol. The van der Waals surface area contributed by atoms with Crippen molar-refractivity contribution in [2.45, 2.75) is 32.1 Å². The van der Waals surface area contributed by atoms with Gasteiger partial charge in [-0.15, -0.1) is 5.10 Å². The summed E-state index contributed by atoms with van der Waals surface area (Å²) in [5, 5.41) is 12.3. The molecule has 0 spiro atoms. The first kappa shape index (κ1) is 30.2. The first-order valence-electron chi connectivity index (χ1n) is 12.4. The molecule has 8 nitrogen and oxygen atoms in total. The van der Waals surface area contributed by atoms with Gasteiger partial charge in [0.05, 0.1) is 24.5 Å². The Morgan fingerprint density at radius 3 is 2.14 bits per heavy atom. The van der Waals surface area contributed by atoms with E-state index in [0.717, 1.165) is 17.7 Å². The molecule has 0 fully saturated rings. The summed E-state index contributed by atoms with van der Waals surface area (Å²) < 4.78 is 83.5. The minimum absolute atomic E-state index is 0.0379. The van der Waals surface area contributed by atoms with Gasteiger partial charge in [0.2, 0.25) is 0 Å². The van der Waals surface area contributed by atoms with Crippen LogP contribution < -0.4 is 10.6 Å². The van der Waals surface area contributed by atoms with Crippen molar-refractivity contribution in [3.63, 3.8) is 0 Å². The van der Waals surface area contributed by atoms with Crippen LogP contribution in [0.15, 0.2) is 78.9 Å². The molecule has 0 bridgehead atoms. The van der Waals surface area contributed by atoms with Crippen molar-refractivity contribution < 1.29 is 40.7 Å². The number of aromatic nitrogens is 3. The molecule has 2 N–H and O–H groups in total. The number of hydrogen-bond donors (Lipinski definition) is 2. The Labute approximate surface area is 235 Å². The van der Waals surface area contributed by atoms with Crippen LogP contribution in [0, 0.1) is 0 Å². The minimum Gasteiger partial charge on any atom is -0.370 e. The van der Waals surface area contributed by atoms with Crippen LogP contribution in [0.4, 0.5) is 26.3 Å². The fourth-order valence-electron chi connectivity index (χ4n) is 3.81. The summed E-state index contributed by atoms with van der Waals surface area (Å²) in [4.78, 5) is 25.1. The van der Waals surface area contributed by atoms with Gasteiger partial charge in [-0.25, -0.2) is 4.68 Å². The Bertz CT molecular complexity index is 1520. The smallest absolute Gasteiger partial charge is 0.370 e. The SMILES string of the molecule is O=C(NCC(F)(F)F)c1ccc(-n2nnc(C(=O)NCc3cccc(C(F)(F)F)c3)c2COCc2ccccc2)cc1. The summed E-state index contributed by atoms with van der Waals surface area (Å²) in [6.45, 7) is -1.68. The van der Waals surface area contributed by atoms with Crippen LogP contribution in [-0.2, 0) is 30.7 Å². The zero-order valence-corrected chi connectivity index (χ0v) is 21.7. The highest BCUT2D eigenvalue weighted by molar-refractivity contribution is 5.94. The molecule has 0 radical (unpaired) electrons. The van der Waals surface area contributed by atoms with Gasteiger partial charge in [-0.1, -0.05) is 47.7 Å². The standard InChI is InChI=1S/C28H23F6N5O3/c29-27(30,31)17-36-25(40)20-9-11-22(12-10-20)39-23(16-42-15-18-5-2-1-3-6-18)24(37-38-39)26(41)35-14-19-7-4-8-21(13-19)28(32,33)34/h1-13H,14-17H2,(H,35,41)(H,36,40). The second kappa shape index (κ2) is 12.9. The summed E-state index contributed by atoms with van der Waals surface area (Å²) in [5.74, 6) is -1.65. The molecule has 0 aliphatic rings. The third-order valence-electron chi connectivity index (χ3n) is 5.86. The summed E-state index contributed by atoms with van der Waals surface area (Å²) >= 11 is 0. The maximum Gasteiger partial charge on any atom is 0.416 e. The third kappa shape index (κ3) is 8.16. The lowest BCUT2D eigenvalue weighted by molar-refractivity contribution is -0.137. The van der Waals surface area contributed by atoms with Crippen LogP contribution in [0.5, 0.6) is 0 Å². The molecular weight excluding hydrogens is 568 g/mol. The van der Waals surface area contributed by atoms with E-state index in [4.69, 9.17) is 4.74 Å². The number of amides is 2. The van der Waals surface area contributed by atoms with E-state index in [-0.39, 0.29) is 42.3 Å². The lowest BCUT2D eigenvalue weighted by atomic mass is 10.1. The van der Waals surface area contributed by atoms with Crippen LogP contribution in [0.1, 0.15) is 43.2 Å². The van der Waals surface area contributed by atoms with Crippen molar-refractivity contribution in [1.29, 1.82) is 0 Å². The molecule has 0 aliphatic heterocycles. The van der Waals surface area contributed by atoms with Crippen LogP contribution >= 0.6 is 0 Å². The van der Waals surface area contributed by atoms with E-state index in [1.54, 1.807) is 5.32 Å². The largest absolute Gasteiger partial charge is 0.416 e. The van der Waals surface area contributed by atoms with E-state index in [1.165, 1.54) is 41.1 Å². The molecule has 1 heterocycles. The molecule has 42 heavy (non-hydrogen) atoms. The molecule has 3 aromatic carbocycles. The summed E-state index contributed by atoms with van der Waals surface area (Å²) in [6, 6.07) is 19.0. The Balaban J connectivity index is 1.54. The van der Waals surface area contributed by atoms with E-state index in [1.807, 2.05) is 30.3 Å². The number of carbonyl (C=O) groups is 2. The number of carbonyl (C=O) groups excluding carboxylic acids is 2. The van der Waals surface area contributed by atoms with Gasteiger partial charge in [0.25, 0.3) is 11.8 Å². The molecule has 4 rings (SSSR count). The average Bonchev–Trinajstić information content (AvgIpc) is 3.38. The van der Waals surface area contributed by atoms with Gasteiger partial charge >= 0.3 is 12.4 Å². The van der Waals surface area contributed by atoms with Gasteiger partial charge in [-0.3, -0.25) is 9.59 Å². The predicted octanol–water partition coefficient (Wildman–Crippen LogP) is 5.23. The molecule has 4 aromatic rings. The second-order valence-corrected chi connectivity index (χ2v) is 9.00. The predicted molar refractivity (Wildman–Crippen MR) is 137 cm³/mol. The highest BCUT2D eigenvalue weighted by Gasteiger charge is 2.30. The number of hydrogen-bond acceptors (Lipinski definition) is 5. The highest BCUT2D eigenvalue weighted by atomic mass is 19.4. The summed E-state index contributed by atoms with van der Waals surface area (Å²) in [7, 11) is 0. The molecule has 0 aliphatic carbocycles. The maximum atomic E-state index is 13.1. The zero-order valence-electron chi connectivity index (χ0n) is 21.7. The molecule has 220 valence electrons. The number of rotatable bonds is 10. The van der Waals surface area contributed by atoms with Gasteiger partial charge in [-0.05, 0) is 47.5 Å². The van der Waals surface area contributed by atoms with Gasteiger partial charge < -0.3 is 15.4 Å². The van der Waals surface area contributed by atoms with Crippen molar-refractivity contribution in [3.8, 4) is 5.69 Å². The number of nitrogens with one attached hydrogen (secondary N) is 2. The Morgan fingerprint density at radius 2 is 1.48 bits per heavy atom. The summed E-state index contributed by atoms with van der Waals surface area (Å²) in [5.41, 5.74) is 0.539. The molecule has 0 saturated carbocycles. The van der Waals surface area contributed by atoms with Crippen molar-refractivity contribution >= 4 is 11.8 Å². The number of nitrogens with zero attached hydrogens (tertiary/aromatic N) is 3. The van der Waals surface area contributed by atoms with E-state index in [0.29, 0.717) is 5.69 Å². The molecule has 1 aromatic heterocycles. The lowest BCUT2D eigenvalue weighted by Gasteiger charge is -2.11. The van der Waals surface area contributed by atoms with E-state index >= 15 is 0 Å². The highest BCUT2D eigenvalue weighted by Crippen LogP contribution is 2.29. The van der Waals surface area contributed by atoms with Crippen LogP contribution in [-0.4, -0.2) is 39.5 Å². The van der Waals surface area contributed by atoms with Gasteiger partial charge in [0.1, 0.15) is 12.2 Å². The van der Waals surface area contributed by atoms with Crippen molar-refractivity contribution in [2.75, 3.05) is 6.54 Å². The molecule has 0 unspecified atom stereocenters. The Morgan fingerprint density at radius 1 is 0.786 bits per heavy atom. The second-order valence-electron chi connectivity index (χ2n) is 9.00. The molecular formula is C28H23F6N5O3. The van der Waals surface area contributed by atoms with E-state index in [9.17, 15) is 35.9 Å². The Hall–Kier alpha value is -4.72. The number of halogens is 6. The number of alkyl halides is 6. The van der Waals surface area contributed by atoms with Gasteiger partial charge in [-0.2, -0.15) is 26.3 Å². The van der Waals surface area contributed by atoms with Crippen molar-refractivity contribution in [1.82, 2.24) is 25.6 Å². The fourth-order valence-corrected chi connectivity index (χ4v) is 3.81. The van der Waals surface area contributed by atoms with Crippen molar-refractivity contribution in [2.24, 2.45) is 0 Å². The first-order chi connectivity index (χ1) is 19.9. The lowest BCUT2D eigenvalue weighted by Crippen LogP contribution is -2.33.